The van der Waals surface area contributed by atoms with Crippen molar-refractivity contribution in [2.75, 3.05) is 5.32 Å². The monoisotopic (exact) mass is 329 g/mol. The predicted molar refractivity (Wildman–Crippen MR) is 90.6 cm³/mol. The van der Waals surface area contributed by atoms with Crippen LogP contribution in [0.15, 0.2) is 59.7 Å². The molecule has 0 saturated carbocycles. The van der Waals surface area contributed by atoms with E-state index in [1.165, 1.54) is 17.4 Å². The second-order valence-electron chi connectivity index (χ2n) is 4.49. The quantitative estimate of drug-likeness (QED) is 0.728. The molecule has 3 aromatic rings. The van der Waals surface area contributed by atoms with Crippen LogP contribution in [0.2, 0.25) is 5.02 Å². The van der Waals surface area contributed by atoms with Gasteiger partial charge in [0.25, 0.3) is 0 Å². The summed E-state index contributed by atoms with van der Waals surface area (Å²) in [4.78, 5) is 16.1. The average Bonchev–Trinajstić information content (AvgIpc) is 3.20. The summed E-state index contributed by atoms with van der Waals surface area (Å²) in [6.45, 7) is 0. The Morgan fingerprint density at radius 3 is 2.86 bits per heavy atom. The molecule has 0 radical (unpaired) electrons. The maximum Gasteiger partial charge on any atom is 0.248 e. The van der Waals surface area contributed by atoms with Crippen LogP contribution in [-0.2, 0) is 4.79 Å². The van der Waals surface area contributed by atoms with Gasteiger partial charge in [0, 0.05) is 28.9 Å². The largest absolute Gasteiger partial charge is 0.322 e. The molecule has 22 heavy (non-hydrogen) atoms. The van der Waals surface area contributed by atoms with E-state index in [1.807, 2.05) is 34.5 Å². The summed E-state index contributed by atoms with van der Waals surface area (Å²) in [5.41, 5.74) is 3.99. The van der Waals surface area contributed by atoms with Gasteiger partial charge in [0.1, 0.15) is 0 Å². The summed E-state index contributed by atoms with van der Waals surface area (Å²) in [7, 11) is 0. The summed E-state index contributed by atoms with van der Waals surface area (Å²) in [6, 6.07) is 9.16. The van der Waals surface area contributed by atoms with Crippen molar-refractivity contribution < 1.29 is 4.79 Å². The standard InChI is InChI=1S/C16H12ClN3OS/c17-12-3-5-14(15(9-12)20-7-1-2-8-20)19-16(21)6-4-13-10-22-11-18-13/h1-11H,(H,19,21)/b6-4+. The predicted octanol–water partition coefficient (Wildman–Crippen LogP) is 4.24. The maximum absolute atomic E-state index is 12.0. The van der Waals surface area contributed by atoms with Gasteiger partial charge in [0.15, 0.2) is 0 Å². The Morgan fingerprint density at radius 2 is 2.14 bits per heavy atom. The number of hydrogen-bond donors (Lipinski definition) is 1. The van der Waals surface area contributed by atoms with Crippen molar-refractivity contribution in [2.45, 2.75) is 0 Å². The fourth-order valence-electron chi connectivity index (χ4n) is 1.96. The van der Waals surface area contributed by atoms with Gasteiger partial charge >= 0.3 is 0 Å². The Bertz CT molecular complexity index is 795. The summed E-state index contributed by atoms with van der Waals surface area (Å²) >= 11 is 7.54. The normalized spacial score (nSPS) is 11.0. The Kier molecular flexibility index (Phi) is 4.37. The van der Waals surface area contributed by atoms with Crippen molar-refractivity contribution in [3.63, 3.8) is 0 Å². The summed E-state index contributed by atoms with van der Waals surface area (Å²) < 4.78 is 1.89. The highest BCUT2D eigenvalue weighted by Gasteiger charge is 2.07. The van der Waals surface area contributed by atoms with Crippen LogP contribution in [0.25, 0.3) is 11.8 Å². The second-order valence-corrected chi connectivity index (χ2v) is 5.64. The Balaban J connectivity index is 1.82. The highest BCUT2D eigenvalue weighted by atomic mass is 35.5. The number of carbonyl (C=O) groups is 1. The van der Waals surface area contributed by atoms with Crippen molar-refractivity contribution in [1.82, 2.24) is 9.55 Å². The first-order valence-corrected chi connectivity index (χ1v) is 7.84. The van der Waals surface area contributed by atoms with Gasteiger partial charge in [0.05, 0.1) is 22.6 Å². The number of nitrogens with zero attached hydrogens (tertiary/aromatic N) is 2. The minimum atomic E-state index is -0.219. The zero-order chi connectivity index (χ0) is 15.4. The number of aromatic nitrogens is 2. The number of carbonyl (C=O) groups excluding carboxylic acids is 1. The number of benzene rings is 1. The van der Waals surface area contributed by atoms with Crippen LogP contribution in [0.3, 0.4) is 0 Å². The third-order valence-electron chi connectivity index (χ3n) is 2.96. The van der Waals surface area contributed by atoms with Gasteiger partial charge in [-0.05, 0) is 36.4 Å². The molecule has 6 heteroatoms. The molecule has 0 saturated heterocycles. The molecule has 2 aromatic heterocycles. The number of anilines is 1. The lowest BCUT2D eigenvalue weighted by molar-refractivity contribution is -0.111. The van der Waals surface area contributed by atoms with E-state index in [0.717, 1.165) is 11.4 Å². The summed E-state index contributed by atoms with van der Waals surface area (Å²) in [6.07, 6.45) is 6.93. The lowest BCUT2D eigenvalue weighted by atomic mass is 10.2. The van der Waals surface area contributed by atoms with Gasteiger partial charge in [-0.3, -0.25) is 4.79 Å². The smallest absolute Gasteiger partial charge is 0.248 e. The van der Waals surface area contributed by atoms with Crippen LogP contribution in [-0.4, -0.2) is 15.5 Å². The molecule has 2 heterocycles. The van der Waals surface area contributed by atoms with Crippen molar-refractivity contribution in [2.24, 2.45) is 0 Å². The van der Waals surface area contributed by atoms with Gasteiger partial charge in [-0.15, -0.1) is 11.3 Å². The van der Waals surface area contributed by atoms with Gasteiger partial charge < -0.3 is 9.88 Å². The molecule has 0 spiro atoms. The SMILES string of the molecule is O=C(/C=C/c1cscn1)Nc1ccc(Cl)cc1-n1cccc1. The van der Waals surface area contributed by atoms with Gasteiger partial charge in [-0.1, -0.05) is 11.6 Å². The zero-order valence-corrected chi connectivity index (χ0v) is 13.0. The van der Waals surface area contributed by atoms with E-state index in [1.54, 1.807) is 29.8 Å². The zero-order valence-electron chi connectivity index (χ0n) is 11.4. The van der Waals surface area contributed by atoms with Crippen LogP contribution >= 0.6 is 22.9 Å². The van der Waals surface area contributed by atoms with Crippen LogP contribution in [0.5, 0.6) is 0 Å². The number of rotatable bonds is 4. The number of amides is 1. The molecule has 3 rings (SSSR count). The van der Waals surface area contributed by atoms with Crippen molar-refractivity contribution in [3.05, 3.63) is 70.4 Å². The van der Waals surface area contributed by atoms with E-state index in [0.29, 0.717) is 10.7 Å². The van der Waals surface area contributed by atoms with E-state index < -0.39 is 0 Å². The molecule has 1 aromatic carbocycles. The van der Waals surface area contributed by atoms with Crippen LogP contribution in [0.4, 0.5) is 5.69 Å². The summed E-state index contributed by atoms with van der Waals surface area (Å²) in [5.74, 6) is -0.219. The number of nitrogens with one attached hydrogen (secondary N) is 1. The lowest BCUT2D eigenvalue weighted by Gasteiger charge is -2.11. The van der Waals surface area contributed by atoms with Gasteiger partial charge in [-0.2, -0.15) is 0 Å². The number of thiazole rings is 1. The minimum Gasteiger partial charge on any atom is -0.322 e. The molecule has 4 nitrogen and oxygen atoms in total. The molecular formula is C16H12ClN3OS. The third kappa shape index (κ3) is 3.44. The number of hydrogen-bond acceptors (Lipinski definition) is 3. The highest BCUT2D eigenvalue weighted by Crippen LogP contribution is 2.24. The van der Waals surface area contributed by atoms with Gasteiger partial charge in [0.2, 0.25) is 5.91 Å². The molecule has 0 aliphatic heterocycles. The van der Waals surface area contributed by atoms with Gasteiger partial charge in [-0.25, -0.2) is 4.98 Å². The van der Waals surface area contributed by atoms with Crippen LogP contribution in [0.1, 0.15) is 5.69 Å². The van der Waals surface area contributed by atoms with E-state index >= 15 is 0 Å². The molecule has 110 valence electrons. The first-order valence-electron chi connectivity index (χ1n) is 6.52. The Hall–Kier alpha value is -2.37. The first-order chi connectivity index (χ1) is 10.7. The fraction of sp³-hybridized carbons (Fsp3) is 0. The molecule has 0 aliphatic carbocycles. The van der Waals surface area contributed by atoms with E-state index in [4.69, 9.17) is 11.6 Å². The third-order valence-corrected chi connectivity index (χ3v) is 3.80. The molecule has 0 bridgehead atoms. The molecule has 1 N–H and O–H groups in total. The molecule has 0 atom stereocenters. The molecule has 0 fully saturated rings. The van der Waals surface area contributed by atoms with Crippen LogP contribution < -0.4 is 5.32 Å². The van der Waals surface area contributed by atoms with E-state index in [-0.39, 0.29) is 5.91 Å². The van der Waals surface area contributed by atoms with Crippen molar-refractivity contribution in [1.29, 1.82) is 0 Å². The Labute approximate surface area is 136 Å². The summed E-state index contributed by atoms with van der Waals surface area (Å²) in [5, 5.41) is 5.34. The fourth-order valence-corrected chi connectivity index (χ4v) is 2.65. The minimum absolute atomic E-state index is 0.219. The second kappa shape index (κ2) is 6.60. The van der Waals surface area contributed by atoms with Crippen molar-refractivity contribution >= 4 is 40.6 Å². The van der Waals surface area contributed by atoms with Crippen LogP contribution in [0, 0.1) is 0 Å². The lowest BCUT2D eigenvalue weighted by Crippen LogP contribution is -2.10. The molecule has 1 amide bonds. The topological polar surface area (TPSA) is 46.9 Å². The maximum atomic E-state index is 12.0. The molecule has 0 unspecified atom stereocenters. The van der Waals surface area contributed by atoms with E-state index in [2.05, 4.69) is 10.3 Å². The first kappa shape index (κ1) is 14.6. The van der Waals surface area contributed by atoms with E-state index in [9.17, 15) is 4.79 Å². The highest BCUT2D eigenvalue weighted by molar-refractivity contribution is 7.07. The number of halogens is 1. The molecular weight excluding hydrogens is 318 g/mol. The average molecular weight is 330 g/mol. The Morgan fingerprint density at radius 1 is 1.32 bits per heavy atom. The molecule has 0 aliphatic rings. The van der Waals surface area contributed by atoms with Crippen molar-refractivity contribution in [3.8, 4) is 5.69 Å².